The van der Waals surface area contributed by atoms with Gasteiger partial charge in [0.25, 0.3) is 5.91 Å². The lowest BCUT2D eigenvalue weighted by Gasteiger charge is -2.22. The van der Waals surface area contributed by atoms with Crippen LogP contribution in [-0.2, 0) is 16.0 Å². The molecule has 2 heterocycles. The Hall–Kier alpha value is -3.18. The van der Waals surface area contributed by atoms with Crippen LogP contribution in [0.2, 0.25) is 5.02 Å². The van der Waals surface area contributed by atoms with Gasteiger partial charge in [-0.15, -0.1) is 0 Å². The van der Waals surface area contributed by atoms with Crippen LogP contribution >= 0.6 is 11.6 Å². The van der Waals surface area contributed by atoms with E-state index >= 15 is 0 Å². The minimum absolute atomic E-state index is 0.0362. The number of aromatic nitrogens is 1. The van der Waals surface area contributed by atoms with Crippen molar-refractivity contribution in [3.05, 3.63) is 52.7 Å². The van der Waals surface area contributed by atoms with Crippen molar-refractivity contribution in [3.8, 4) is 0 Å². The van der Waals surface area contributed by atoms with Gasteiger partial charge in [0.2, 0.25) is 5.91 Å². The smallest absolute Gasteiger partial charge is 0.475 e. The van der Waals surface area contributed by atoms with Gasteiger partial charge in [0.1, 0.15) is 5.82 Å². The number of carbonyl (C=O) groups is 3. The summed E-state index contributed by atoms with van der Waals surface area (Å²) >= 11 is 5.83. The predicted octanol–water partition coefficient (Wildman–Crippen LogP) is 4.12. The normalized spacial score (nSPS) is 13.9. The second kappa shape index (κ2) is 12.3. The predicted molar refractivity (Wildman–Crippen MR) is 121 cm³/mol. The molecule has 1 aromatic heterocycles. The fraction of sp³-hybridized carbons (Fsp3) is 0.364. The van der Waals surface area contributed by atoms with E-state index in [1.807, 2.05) is 19.1 Å². The molecule has 4 N–H and O–H groups in total. The molecule has 1 fully saturated rings. The molecular weight excluding hydrogens is 477 g/mol. The van der Waals surface area contributed by atoms with Gasteiger partial charge in [0.05, 0.1) is 16.3 Å². The molecule has 1 aliphatic rings. The number of piperidine rings is 1. The van der Waals surface area contributed by atoms with E-state index in [0.29, 0.717) is 22.1 Å². The number of pyridine rings is 1. The molecule has 1 saturated heterocycles. The molecule has 12 heteroatoms. The average molecular weight is 501 g/mol. The lowest BCUT2D eigenvalue weighted by Crippen LogP contribution is -2.35. The monoisotopic (exact) mass is 500 g/mol. The molecule has 2 aromatic rings. The van der Waals surface area contributed by atoms with Crippen LogP contribution in [0, 0.1) is 5.92 Å². The van der Waals surface area contributed by atoms with Crippen LogP contribution < -0.4 is 16.0 Å². The number of aryl methyl sites for hydroxylation is 1. The van der Waals surface area contributed by atoms with Crippen LogP contribution in [0.5, 0.6) is 0 Å². The molecule has 8 nitrogen and oxygen atoms in total. The summed E-state index contributed by atoms with van der Waals surface area (Å²) in [6.07, 6.45) is -1.22. The van der Waals surface area contributed by atoms with E-state index in [1.165, 1.54) is 6.20 Å². The number of carbonyl (C=O) groups excluding carboxylic acids is 2. The maximum Gasteiger partial charge on any atom is 0.490 e. The first kappa shape index (κ1) is 27.1. The number of hydrogen-bond acceptors (Lipinski definition) is 5. The third-order valence-corrected chi connectivity index (χ3v) is 5.14. The summed E-state index contributed by atoms with van der Waals surface area (Å²) in [6, 6.07) is 8.82. The van der Waals surface area contributed by atoms with Gasteiger partial charge in [0.15, 0.2) is 0 Å². The first-order chi connectivity index (χ1) is 16.0. The van der Waals surface area contributed by atoms with Crippen LogP contribution in [-0.4, -0.2) is 47.1 Å². The number of carboxylic acid groups (broad SMARTS) is 1. The maximum atomic E-state index is 12.8. The van der Waals surface area contributed by atoms with Crippen LogP contribution in [0.1, 0.15) is 35.7 Å². The van der Waals surface area contributed by atoms with Gasteiger partial charge in [-0.2, -0.15) is 13.2 Å². The molecule has 0 bridgehead atoms. The second-order valence-electron chi connectivity index (χ2n) is 7.37. The zero-order valence-corrected chi connectivity index (χ0v) is 19.0. The number of nitrogens with one attached hydrogen (secondary N) is 3. The Morgan fingerprint density at radius 3 is 2.32 bits per heavy atom. The molecule has 1 aliphatic heterocycles. The first-order valence-electron chi connectivity index (χ1n) is 10.4. The van der Waals surface area contributed by atoms with E-state index in [4.69, 9.17) is 21.5 Å². The Balaban J connectivity index is 0.000000509. The van der Waals surface area contributed by atoms with Crippen molar-refractivity contribution in [2.75, 3.05) is 23.7 Å². The highest BCUT2D eigenvalue weighted by atomic mass is 35.5. The number of nitrogens with zero attached hydrogens (tertiary/aromatic N) is 1. The van der Waals surface area contributed by atoms with Gasteiger partial charge < -0.3 is 21.1 Å². The van der Waals surface area contributed by atoms with Crippen LogP contribution in [0.15, 0.2) is 36.5 Å². The molecule has 0 saturated carbocycles. The van der Waals surface area contributed by atoms with E-state index in [9.17, 15) is 22.8 Å². The van der Waals surface area contributed by atoms with Crippen molar-refractivity contribution in [3.63, 3.8) is 0 Å². The molecule has 2 amide bonds. The lowest BCUT2D eigenvalue weighted by molar-refractivity contribution is -0.192. The second-order valence-corrected chi connectivity index (χ2v) is 7.80. The van der Waals surface area contributed by atoms with Gasteiger partial charge in [-0.05, 0) is 62.2 Å². The summed E-state index contributed by atoms with van der Waals surface area (Å²) in [5.74, 6) is -2.75. The van der Waals surface area contributed by atoms with Gasteiger partial charge in [-0.3, -0.25) is 9.59 Å². The number of hydrogen-bond donors (Lipinski definition) is 4. The minimum atomic E-state index is -5.08. The van der Waals surface area contributed by atoms with E-state index in [2.05, 4.69) is 20.9 Å². The fourth-order valence-corrected chi connectivity index (χ4v) is 3.17. The van der Waals surface area contributed by atoms with E-state index < -0.39 is 12.1 Å². The summed E-state index contributed by atoms with van der Waals surface area (Å²) in [5, 5.41) is 16.6. The molecule has 0 atom stereocenters. The van der Waals surface area contributed by atoms with Gasteiger partial charge in [0, 0.05) is 12.1 Å². The minimum Gasteiger partial charge on any atom is -0.475 e. The maximum absolute atomic E-state index is 12.8. The Kier molecular flexibility index (Phi) is 9.82. The summed E-state index contributed by atoms with van der Waals surface area (Å²) in [7, 11) is 0. The number of halogens is 4. The molecule has 0 unspecified atom stereocenters. The third kappa shape index (κ3) is 8.31. The first-order valence-corrected chi connectivity index (χ1v) is 10.8. The number of anilines is 2. The van der Waals surface area contributed by atoms with Crippen molar-refractivity contribution in [1.29, 1.82) is 0 Å². The topological polar surface area (TPSA) is 120 Å². The summed E-state index contributed by atoms with van der Waals surface area (Å²) in [4.78, 5) is 38.4. The van der Waals surface area contributed by atoms with Crippen LogP contribution in [0.4, 0.5) is 24.7 Å². The van der Waals surface area contributed by atoms with E-state index in [-0.39, 0.29) is 17.7 Å². The fourth-order valence-electron chi connectivity index (χ4n) is 3.06. The Bertz CT molecular complexity index is 1010. The highest BCUT2D eigenvalue weighted by Crippen LogP contribution is 2.22. The number of rotatable bonds is 5. The van der Waals surface area contributed by atoms with Gasteiger partial charge in [-0.25, -0.2) is 9.78 Å². The van der Waals surface area contributed by atoms with Crippen molar-refractivity contribution < 1.29 is 32.7 Å². The van der Waals surface area contributed by atoms with Crippen LogP contribution in [0.3, 0.4) is 0 Å². The van der Waals surface area contributed by atoms with Gasteiger partial charge in [-0.1, -0.05) is 24.6 Å². The molecule has 3 rings (SSSR count). The highest BCUT2D eigenvalue weighted by molar-refractivity contribution is 6.30. The molecule has 0 spiro atoms. The standard InChI is InChI=1S/C20H23ClN4O2.C2HF3O2/c1-2-13-3-5-17(24-19(26)14-7-9-22-10-8-14)16(11-13)20(27)25-18-6-4-15(21)12-23-18;3-2(4,5)1(6)7/h3-6,11-12,14,22H,2,7-10H2,1H3,(H,24,26)(H,23,25,27);(H,6,7). The Morgan fingerprint density at radius 1 is 1.15 bits per heavy atom. The van der Waals surface area contributed by atoms with E-state index in [1.54, 1.807) is 18.2 Å². The van der Waals surface area contributed by atoms with E-state index in [0.717, 1.165) is 37.9 Å². The van der Waals surface area contributed by atoms with Gasteiger partial charge >= 0.3 is 12.1 Å². The van der Waals surface area contributed by atoms with Crippen molar-refractivity contribution in [2.45, 2.75) is 32.4 Å². The lowest BCUT2D eigenvalue weighted by atomic mass is 9.96. The Morgan fingerprint density at radius 2 is 1.79 bits per heavy atom. The average Bonchev–Trinajstić information content (AvgIpc) is 2.81. The largest absolute Gasteiger partial charge is 0.490 e. The number of benzene rings is 1. The summed E-state index contributed by atoms with van der Waals surface area (Å²) in [5.41, 5.74) is 1.96. The molecule has 0 radical (unpaired) electrons. The molecule has 0 aliphatic carbocycles. The summed E-state index contributed by atoms with van der Waals surface area (Å²) < 4.78 is 31.7. The number of amides is 2. The van der Waals surface area contributed by atoms with Crippen molar-refractivity contribution in [2.24, 2.45) is 5.92 Å². The quantitative estimate of drug-likeness (QED) is 0.490. The molecule has 184 valence electrons. The van der Waals surface area contributed by atoms with Crippen molar-refractivity contribution in [1.82, 2.24) is 10.3 Å². The molecular formula is C22H24ClF3N4O4. The van der Waals surface area contributed by atoms with Crippen molar-refractivity contribution >= 4 is 40.9 Å². The number of carboxylic acids is 1. The zero-order valence-electron chi connectivity index (χ0n) is 18.2. The van der Waals surface area contributed by atoms with Crippen LogP contribution in [0.25, 0.3) is 0 Å². The Labute approximate surface area is 198 Å². The molecule has 1 aromatic carbocycles. The number of aliphatic carboxylic acids is 1. The zero-order chi connectivity index (χ0) is 25.3. The number of alkyl halides is 3. The highest BCUT2D eigenvalue weighted by Gasteiger charge is 2.38. The third-order valence-electron chi connectivity index (χ3n) is 4.92. The summed E-state index contributed by atoms with van der Waals surface area (Å²) in [6.45, 7) is 3.69. The SMILES string of the molecule is CCc1ccc(NC(=O)C2CCNCC2)c(C(=O)Nc2ccc(Cl)cn2)c1.O=C(O)C(F)(F)F. The molecule has 34 heavy (non-hydrogen) atoms.